The van der Waals surface area contributed by atoms with Gasteiger partial charge in [0.05, 0.1) is 0 Å². The molecule has 1 N–H and O–H groups in total. The first-order valence-electron chi connectivity index (χ1n) is 8.85. The van der Waals surface area contributed by atoms with Crippen LogP contribution < -0.4 is 5.32 Å². The second kappa shape index (κ2) is 12.3. The lowest BCUT2D eigenvalue weighted by Crippen LogP contribution is -2.43. The third kappa shape index (κ3) is 13.7. The third-order valence-electron chi connectivity index (χ3n) is 3.14. The van der Waals surface area contributed by atoms with Crippen molar-refractivity contribution in [1.82, 2.24) is 5.32 Å². The second-order valence-corrected chi connectivity index (χ2v) is 7.19. The van der Waals surface area contributed by atoms with E-state index in [0.29, 0.717) is 13.0 Å². The van der Waals surface area contributed by atoms with Gasteiger partial charge < -0.3 is 19.5 Å². The number of ether oxygens (including phenoxy) is 3. The molecule has 2 atom stereocenters. The second-order valence-electron chi connectivity index (χ2n) is 7.19. The average Bonchev–Trinajstić information content (AvgIpc) is 2.54. The maximum atomic E-state index is 12.1. The lowest BCUT2D eigenvalue weighted by Gasteiger charge is -2.22. The minimum absolute atomic E-state index is 0.171. The molecule has 0 aliphatic heterocycles. The molecular formula is C20H32FNO5. The maximum Gasteiger partial charge on any atom is 0.408 e. The van der Waals surface area contributed by atoms with Crippen molar-refractivity contribution in [2.24, 2.45) is 0 Å². The summed E-state index contributed by atoms with van der Waals surface area (Å²) >= 11 is 0. The molecule has 7 heteroatoms. The Labute approximate surface area is 161 Å². The third-order valence-corrected chi connectivity index (χ3v) is 3.14. The SMILES string of the molecule is COCC[C@H](C)OC(=O)[C@H](C)NC(=O)OC(C)(C)C.Cc1ccc(F)cc1. The molecule has 0 saturated carbocycles. The van der Waals surface area contributed by atoms with Crippen molar-refractivity contribution in [3.63, 3.8) is 0 Å². The largest absolute Gasteiger partial charge is 0.461 e. The van der Waals surface area contributed by atoms with Crippen molar-refractivity contribution in [2.75, 3.05) is 13.7 Å². The number of carbonyl (C=O) groups is 2. The molecule has 27 heavy (non-hydrogen) atoms. The molecule has 1 aromatic rings. The number of nitrogens with one attached hydrogen (secondary N) is 1. The first kappa shape index (κ1) is 24.8. The predicted molar refractivity (Wildman–Crippen MR) is 102 cm³/mol. The zero-order valence-corrected chi connectivity index (χ0v) is 17.3. The van der Waals surface area contributed by atoms with Gasteiger partial charge in [0.15, 0.2) is 0 Å². The molecule has 154 valence electrons. The quantitative estimate of drug-likeness (QED) is 0.749. The summed E-state index contributed by atoms with van der Waals surface area (Å²) < 4.78 is 27.2. The Kier molecular flexibility index (Phi) is 11.3. The van der Waals surface area contributed by atoms with Crippen molar-refractivity contribution in [1.29, 1.82) is 0 Å². The molecular weight excluding hydrogens is 353 g/mol. The molecule has 0 fully saturated rings. The molecule has 0 aliphatic rings. The molecule has 1 amide bonds. The standard InChI is InChI=1S/C13H25NO5.C7H7F/c1-9(7-8-17-6)18-11(15)10(2)14-12(16)19-13(3,4)5;1-6-2-4-7(8)5-3-6/h9-10H,7-8H2,1-6H3,(H,14,16);2-5H,1H3/t9-,10-;/m0./s1. The van der Waals surface area contributed by atoms with E-state index in [2.05, 4.69) is 5.32 Å². The Bertz CT molecular complexity index is 548. The summed E-state index contributed by atoms with van der Waals surface area (Å²) in [5, 5.41) is 2.43. The minimum Gasteiger partial charge on any atom is -0.461 e. The monoisotopic (exact) mass is 385 g/mol. The molecule has 1 rings (SSSR count). The first-order chi connectivity index (χ1) is 12.4. The van der Waals surface area contributed by atoms with E-state index < -0.39 is 23.7 Å². The highest BCUT2D eigenvalue weighted by Gasteiger charge is 2.22. The molecule has 0 aromatic heterocycles. The van der Waals surface area contributed by atoms with Crippen LogP contribution >= 0.6 is 0 Å². The van der Waals surface area contributed by atoms with E-state index in [1.165, 1.54) is 12.1 Å². The smallest absolute Gasteiger partial charge is 0.408 e. The number of carbonyl (C=O) groups excluding carboxylic acids is 2. The van der Waals surface area contributed by atoms with Crippen molar-refractivity contribution < 1.29 is 28.2 Å². The number of alkyl carbamates (subject to hydrolysis) is 1. The van der Waals surface area contributed by atoms with Crippen LogP contribution in [0.3, 0.4) is 0 Å². The van der Waals surface area contributed by atoms with Gasteiger partial charge in [0.25, 0.3) is 0 Å². The van der Waals surface area contributed by atoms with E-state index in [0.717, 1.165) is 5.56 Å². The van der Waals surface area contributed by atoms with Crippen LogP contribution in [0.1, 0.15) is 46.6 Å². The van der Waals surface area contributed by atoms with Crippen LogP contribution in [0.25, 0.3) is 0 Å². The number of methoxy groups -OCH3 is 1. The van der Waals surface area contributed by atoms with Crippen LogP contribution in [0.5, 0.6) is 0 Å². The lowest BCUT2D eigenvalue weighted by atomic mass is 10.2. The number of hydrogen-bond acceptors (Lipinski definition) is 5. The summed E-state index contributed by atoms with van der Waals surface area (Å²) in [6.45, 7) is 11.0. The Balaban J connectivity index is 0.000000694. The summed E-state index contributed by atoms with van der Waals surface area (Å²) in [7, 11) is 1.58. The molecule has 6 nitrogen and oxygen atoms in total. The molecule has 0 saturated heterocycles. The van der Waals surface area contributed by atoms with E-state index in [-0.39, 0.29) is 11.9 Å². The minimum atomic E-state index is -0.750. The fraction of sp³-hybridized carbons (Fsp3) is 0.600. The summed E-state index contributed by atoms with van der Waals surface area (Å²) in [5.41, 5.74) is 0.492. The Hall–Kier alpha value is -2.15. The number of amides is 1. The lowest BCUT2D eigenvalue weighted by molar-refractivity contribution is -0.151. The normalized spacial score (nSPS) is 12.9. The van der Waals surface area contributed by atoms with E-state index in [1.54, 1.807) is 53.9 Å². The summed E-state index contributed by atoms with van der Waals surface area (Å²) in [6, 6.07) is 5.65. The van der Waals surface area contributed by atoms with Crippen LogP contribution in [0, 0.1) is 12.7 Å². The molecule has 0 radical (unpaired) electrons. The van der Waals surface area contributed by atoms with Gasteiger partial charge in [-0.1, -0.05) is 17.7 Å². The molecule has 0 spiro atoms. The highest BCUT2D eigenvalue weighted by molar-refractivity contribution is 5.81. The van der Waals surface area contributed by atoms with Gasteiger partial charge in [0.2, 0.25) is 0 Å². The summed E-state index contributed by atoms with van der Waals surface area (Å²) in [5.74, 6) is -0.662. The molecule has 0 bridgehead atoms. The van der Waals surface area contributed by atoms with Gasteiger partial charge in [-0.25, -0.2) is 14.0 Å². The van der Waals surface area contributed by atoms with Crippen LogP contribution in [-0.4, -0.2) is 43.5 Å². The topological polar surface area (TPSA) is 73.9 Å². The Morgan fingerprint density at radius 2 is 1.70 bits per heavy atom. The average molecular weight is 385 g/mol. The van der Waals surface area contributed by atoms with Gasteiger partial charge in [0, 0.05) is 20.1 Å². The van der Waals surface area contributed by atoms with Gasteiger partial charge in [-0.3, -0.25) is 0 Å². The first-order valence-corrected chi connectivity index (χ1v) is 8.85. The Morgan fingerprint density at radius 1 is 1.15 bits per heavy atom. The summed E-state index contributed by atoms with van der Waals surface area (Å²) in [6.07, 6.45) is -0.279. The van der Waals surface area contributed by atoms with Gasteiger partial charge in [-0.05, 0) is 53.7 Å². The van der Waals surface area contributed by atoms with Crippen molar-refractivity contribution in [3.05, 3.63) is 35.6 Å². The number of rotatable bonds is 6. The van der Waals surface area contributed by atoms with E-state index in [4.69, 9.17) is 14.2 Å². The van der Waals surface area contributed by atoms with Gasteiger partial charge in [-0.15, -0.1) is 0 Å². The fourth-order valence-corrected chi connectivity index (χ4v) is 1.72. The molecule has 0 aliphatic carbocycles. The number of halogens is 1. The fourth-order valence-electron chi connectivity index (χ4n) is 1.72. The van der Waals surface area contributed by atoms with Crippen LogP contribution in [-0.2, 0) is 19.0 Å². The van der Waals surface area contributed by atoms with Crippen molar-refractivity contribution >= 4 is 12.1 Å². The van der Waals surface area contributed by atoms with E-state index in [1.807, 2.05) is 6.92 Å². The number of hydrogen-bond donors (Lipinski definition) is 1. The maximum absolute atomic E-state index is 12.1. The molecule has 1 aromatic carbocycles. The number of esters is 1. The van der Waals surface area contributed by atoms with Crippen molar-refractivity contribution in [3.8, 4) is 0 Å². The van der Waals surface area contributed by atoms with Gasteiger partial charge >= 0.3 is 12.1 Å². The van der Waals surface area contributed by atoms with Gasteiger partial charge in [0.1, 0.15) is 23.6 Å². The number of benzene rings is 1. The zero-order chi connectivity index (χ0) is 21.0. The van der Waals surface area contributed by atoms with Crippen LogP contribution in [0.2, 0.25) is 0 Å². The van der Waals surface area contributed by atoms with Crippen LogP contribution in [0.15, 0.2) is 24.3 Å². The van der Waals surface area contributed by atoms with Gasteiger partial charge in [-0.2, -0.15) is 0 Å². The highest BCUT2D eigenvalue weighted by Crippen LogP contribution is 2.07. The van der Waals surface area contributed by atoms with Crippen molar-refractivity contribution in [2.45, 2.75) is 65.7 Å². The van der Waals surface area contributed by atoms with E-state index >= 15 is 0 Å². The van der Waals surface area contributed by atoms with Crippen LogP contribution in [0.4, 0.5) is 9.18 Å². The molecule has 0 unspecified atom stereocenters. The zero-order valence-electron chi connectivity index (χ0n) is 17.3. The predicted octanol–water partition coefficient (Wildman–Crippen LogP) is 4.00. The van der Waals surface area contributed by atoms with E-state index in [9.17, 15) is 14.0 Å². The Morgan fingerprint density at radius 3 is 2.15 bits per heavy atom. The highest BCUT2D eigenvalue weighted by atomic mass is 19.1. The summed E-state index contributed by atoms with van der Waals surface area (Å²) in [4.78, 5) is 23.2. The number of aryl methyl sites for hydroxylation is 1. The molecule has 0 heterocycles.